The van der Waals surface area contributed by atoms with E-state index in [4.69, 9.17) is 0 Å². The number of carboxylic acid groups (broad SMARTS) is 1. The number of anilines is 3. The number of benzene rings is 11. The summed E-state index contributed by atoms with van der Waals surface area (Å²) in [5, 5.41) is 21.2. The van der Waals surface area contributed by atoms with Crippen molar-refractivity contribution in [2.75, 3.05) is 4.90 Å². The van der Waals surface area contributed by atoms with E-state index in [-0.39, 0.29) is 5.57 Å². The first-order chi connectivity index (χ1) is 70.9. The number of aliphatic carboxylic acids is 1. The SMILES string of the molecule is CCCCCCCCc1ccc(C2(c3ccc(CCCCCCCC)cc3)c3cc4c(cc3-c3cc5c(cc32)-c2cc3c(cc2C5(c2ccc(CCCCCCCC)cc2)c2ccc(CCCCCCCC)cc2)-c2ccc(N(c5ccc(C)cc5)c5ccc(C)cc5)cc2/C3=C2\CC3C2C2C3C3C5C6C7CCC7C6C5C23)/C(=C2/CC3C2C2C3C3C5C6C7CCC7C6C5C23)c2cc(/C=C(\C#N)C(=O)O)ccc2-4)cc1. The summed E-state index contributed by atoms with van der Waals surface area (Å²) in [5.74, 6) is 21.2. The first-order valence-corrected chi connectivity index (χ1v) is 58.9. The van der Waals surface area contributed by atoms with Crippen LogP contribution in [-0.4, -0.2) is 11.1 Å². The maximum absolute atomic E-state index is 13.0. The summed E-state index contributed by atoms with van der Waals surface area (Å²) in [6.07, 6.45) is 44.9. The molecule has 18 aliphatic rings. The summed E-state index contributed by atoms with van der Waals surface area (Å²) < 4.78 is 0. The van der Waals surface area contributed by atoms with Crippen molar-refractivity contribution < 1.29 is 9.90 Å². The van der Waals surface area contributed by atoms with E-state index in [1.165, 1.54) is 353 Å². The predicted molar refractivity (Wildman–Crippen MR) is 589 cm³/mol. The van der Waals surface area contributed by atoms with Gasteiger partial charge in [0.05, 0.1) is 10.8 Å². The molecular formula is C140H148N2O2. The van der Waals surface area contributed by atoms with E-state index in [2.05, 4.69) is 271 Å². The molecule has 0 aliphatic heterocycles. The van der Waals surface area contributed by atoms with Gasteiger partial charge in [-0.1, -0.05) is 318 Å². The second-order valence-corrected chi connectivity index (χ2v) is 50.3. The maximum Gasteiger partial charge on any atom is 0.346 e. The lowest BCUT2D eigenvalue weighted by Crippen LogP contribution is -2.87. The van der Waals surface area contributed by atoms with E-state index in [0.29, 0.717) is 11.8 Å². The smallest absolute Gasteiger partial charge is 0.346 e. The molecule has 0 aromatic heterocycles. The quantitative estimate of drug-likeness (QED) is 0.0182. The highest BCUT2D eigenvalue weighted by atomic mass is 16.4. The minimum Gasteiger partial charge on any atom is -0.477 e. The molecule has 0 bridgehead atoms. The molecular weight excluding hydrogens is 1740 g/mol. The number of fused-ring (bicyclic) bond motifs is 44. The molecule has 0 heterocycles. The van der Waals surface area contributed by atoms with Crippen molar-refractivity contribution in [3.05, 3.63) is 341 Å². The van der Waals surface area contributed by atoms with E-state index in [1.807, 2.05) is 0 Å². The number of nitrogens with zero attached hydrogens (tertiary/aromatic N) is 2. The van der Waals surface area contributed by atoms with Gasteiger partial charge < -0.3 is 10.0 Å². The zero-order chi connectivity index (χ0) is 96.1. The molecule has 11 aromatic carbocycles. The molecule has 0 spiro atoms. The molecule has 14 fully saturated rings. The molecule has 29 rings (SSSR count). The Morgan fingerprint density at radius 1 is 0.306 bits per heavy atom. The number of carbonyl (C=O) groups is 1. The third-order valence-corrected chi connectivity index (χ3v) is 44.4. The standard InChI is InChI=1S/C140H148N2O2/c1-7-11-15-19-23-27-31-81-39-48-87(49-40-81)139(88-50-41-82(42-51-88)32-28-24-20-16-12-8-2)114-74-100-94-61-47-85(67-86(78-141)138(143)144)68-106(94)118(110-72-112-120(110)128-126(112)134-130-122-96-63-65-98(96)124(122)132(130)136(128)134)108(100)70-102(114)104-76-117-105(77-116(104)139)103-71-109-101(75-115(103)140(117,89-52-43-83(44-53-89)33-29-25-21-17-13-9-3)90-54-45-84(46-55-90)34-30-26-22-18-14-10-4)95-62-60-93(142(91-56-35-79(5)36-57-91)92-58-37-80(6)38-59-92)69-107(95)119(109)111-73-113-121(111)129-127(113)135-131-123-97-64-66-99(97)125(123)133(131)137(129)135/h35-62,67-71,74-77,96-99,112-113,120-137H,7-34,63-66,72-73H2,1-6H3,(H,143,144)/b86-67+,118-110-,119-111-. The highest BCUT2D eigenvalue weighted by Crippen LogP contribution is 2.93. The lowest BCUT2D eigenvalue weighted by atomic mass is 9.13. The van der Waals surface area contributed by atoms with Crippen LogP contribution in [0.3, 0.4) is 0 Å². The summed E-state index contributed by atoms with van der Waals surface area (Å²) >= 11 is 0. The van der Waals surface area contributed by atoms with Crippen molar-refractivity contribution in [2.24, 2.45) is 142 Å². The van der Waals surface area contributed by atoms with E-state index < -0.39 is 16.8 Å². The number of rotatable bonds is 37. The Balaban J connectivity index is 0.668. The molecule has 144 heavy (non-hydrogen) atoms. The van der Waals surface area contributed by atoms with Gasteiger partial charge in [-0.05, 0) is 481 Å². The number of hydrogen-bond donors (Lipinski definition) is 1. The van der Waals surface area contributed by atoms with Crippen LogP contribution >= 0.6 is 0 Å². The normalized spacial score (nSPS) is 31.2. The minimum absolute atomic E-state index is 0.225. The molecule has 0 amide bonds. The van der Waals surface area contributed by atoms with Gasteiger partial charge in [-0.2, -0.15) is 5.26 Å². The number of aryl methyl sites for hydroxylation is 6. The Morgan fingerprint density at radius 3 is 0.931 bits per heavy atom. The summed E-state index contributed by atoms with van der Waals surface area (Å²) in [5.41, 5.74) is 44.4. The molecule has 730 valence electrons. The van der Waals surface area contributed by atoms with Crippen molar-refractivity contribution in [1.82, 2.24) is 0 Å². The fraction of sp³-hybridized carbons (Fsp3) is 0.471. The van der Waals surface area contributed by atoms with E-state index >= 15 is 0 Å². The fourth-order valence-electron chi connectivity index (χ4n) is 37.8. The Hall–Kier alpha value is -10.6. The lowest BCUT2D eigenvalue weighted by Gasteiger charge is -2.91. The molecule has 0 radical (unpaired) electrons. The number of hydrogen-bond acceptors (Lipinski definition) is 3. The molecule has 4 heteroatoms. The zero-order valence-corrected chi connectivity index (χ0v) is 86.5. The second kappa shape index (κ2) is 34.8. The second-order valence-electron chi connectivity index (χ2n) is 50.3. The molecule has 24 unspecified atom stereocenters. The van der Waals surface area contributed by atoms with Crippen molar-refractivity contribution in [1.29, 1.82) is 5.26 Å². The van der Waals surface area contributed by atoms with Gasteiger partial charge >= 0.3 is 5.97 Å². The van der Waals surface area contributed by atoms with Gasteiger partial charge in [0, 0.05) is 17.1 Å². The van der Waals surface area contributed by atoms with E-state index in [9.17, 15) is 15.2 Å². The Bertz CT molecular complexity index is 6970. The largest absolute Gasteiger partial charge is 0.477 e. The van der Waals surface area contributed by atoms with Gasteiger partial charge in [-0.3, -0.25) is 0 Å². The number of carboxylic acids is 1. The Morgan fingerprint density at radius 2 is 0.597 bits per heavy atom. The predicted octanol–water partition coefficient (Wildman–Crippen LogP) is 35.0. The summed E-state index contributed by atoms with van der Waals surface area (Å²) in [4.78, 5) is 15.6. The van der Waals surface area contributed by atoms with Gasteiger partial charge in [0.25, 0.3) is 0 Å². The molecule has 1 N–H and O–H groups in total. The van der Waals surface area contributed by atoms with Crippen LogP contribution in [0.1, 0.15) is 326 Å². The van der Waals surface area contributed by atoms with E-state index in [0.717, 1.165) is 168 Å². The zero-order valence-electron chi connectivity index (χ0n) is 86.5. The first kappa shape index (κ1) is 89.8. The Kier molecular flexibility index (Phi) is 21.7. The van der Waals surface area contributed by atoms with Gasteiger partial charge in [-0.25, -0.2) is 4.79 Å². The van der Waals surface area contributed by atoms with Gasteiger partial charge in [-0.15, -0.1) is 0 Å². The molecule has 0 saturated heterocycles. The topological polar surface area (TPSA) is 64.3 Å². The molecule has 18 aliphatic carbocycles. The van der Waals surface area contributed by atoms with Crippen LogP contribution in [0, 0.1) is 167 Å². The van der Waals surface area contributed by atoms with Crippen molar-refractivity contribution >= 4 is 40.3 Å². The van der Waals surface area contributed by atoms with Crippen molar-refractivity contribution in [3.8, 4) is 50.6 Å². The van der Waals surface area contributed by atoms with Crippen LogP contribution in [0.15, 0.2) is 235 Å². The molecule has 4 nitrogen and oxygen atoms in total. The third kappa shape index (κ3) is 12.7. The average molecular weight is 1890 g/mol. The summed E-state index contributed by atoms with van der Waals surface area (Å²) in [7, 11) is 0. The van der Waals surface area contributed by atoms with Crippen LogP contribution in [0.5, 0.6) is 0 Å². The Labute approximate surface area is 858 Å². The lowest BCUT2D eigenvalue weighted by molar-refractivity contribution is -0.434. The number of nitriles is 1. The van der Waals surface area contributed by atoms with Crippen LogP contribution in [0.25, 0.3) is 61.7 Å². The summed E-state index contributed by atoms with van der Waals surface area (Å²) in [6, 6.07) is 93.9. The number of allylic oxidation sites excluding steroid dienone is 2. The maximum atomic E-state index is 13.0. The van der Waals surface area contributed by atoms with Crippen molar-refractivity contribution in [2.45, 2.75) is 271 Å². The fourth-order valence-corrected chi connectivity index (χ4v) is 37.8. The van der Waals surface area contributed by atoms with Crippen LogP contribution in [0.2, 0.25) is 0 Å². The van der Waals surface area contributed by atoms with Gasteiger partial charge in [0.15, 0.2) is 0 Å². The molecule has 11 aromatic rings. The average Bonchev–Trinajstić information content (AvgIpc) is 0.668. The van der Waals surface area contributed by atoms with Crippen molar-refractivity contribution in [3.63, 3.8) is 0 Å². The minimum atomic E-state index is -1.18. The highest BCUT2D eigenvalue weighted by molar-refractivity contribution is 6.10. The van der Waals surface area contributed by atoms with Crippen LogP contribution in [-0.2, 0) is 41.3 Å². The molecule has 24 atom stereocenters. The van der Waals surface area contributed by atoms with Crippen LogP contribution in [0.4, 0.5) is 17.1 Å². The summed E-state index contributed by atoms with van der Waals surface area (Å²) in [6.45, 7) is 13.8. The monoisotopic (exact) mass is 1890 g/mol. The van der Waals surface area contributed by atoms with Crippen LogP contribution < -0.4 is 4.90 Å². The first-order valence-electron chi connectivity index (χ1n) is 58.9. The number of unbranched alkanes of at least 4 members (excludes halogenated alkanes) is 20. The van der Waals surface area contributed by atoms with Gasteiger partial charge in [0.1, 0.15) is 11.6 Å². The van der Waals surface area contributed by atoms with Gasteiger partial charge in [0.2, 0.25) is 0 Å². The third-order valence-electron chi connectivity index (χ3n) is 44.4. The van der Waals surface area contributed by atoms with E-state index in [1.54, 1.807) is 22.8 Å². The molecule has 14 saturated carbocycles. The highest BCUT2D eigenvalue weighted by Gasteiger charge is 2.89.